The average molecular weight is 449 g/mol. The third-order valence-corrected chi connectivity index (χ3v) is 12.0. The van der Waals surface area contributed by atoms with Gasteiger partial charge in [-0.3, -0.25) is 9.59 Å². The largest absolute Gasteiger partial charge is 0.504 e. The Hall–Kier alpha value is -2.10. The molecule has 176 valence electrons. The number of aliphatic hydroxyl groups excluding tert-OH is 1. The first-order valence-electron chi connectivity index (χ1n) is 12.6. The number of allylic oxidation sites excluding steroid dienone is 7. The molecule has 6 aliphatic rings. The van der Waals surface area contributed by atoms with Crippen molar-refractivity contribution in [3.63, 3.8) is 0 Å². The average Bonchev–Trinajstić information content (AvgIpc) is 3.43. The zero-order chi connectivity index (χ0) is 23.8. The van der Waals surface area contributed by atoms with Crippen molar-refractivity contribution in [1.82, 2.24) is 0 Å². The van der Waals surface area contributed by atoms with E-state index in [1.54, 1.807) is 6.08 Å². The van der Waals surface area contributed by atoms with Crippen LogP contribution >= 0.6 is 0 Å². The fourth-order valence-corrected chi connectivity index (χ4v) is 9.77. The van der Waals surface area contributed by atoms with Crippen LogP contribution in [-0.2, 0) is 9.59 Å². The molecular formula is C29H36O4. The molecule has 4 heteroatoms. The Morgan fingerprint density at radius 1 is 0.909 bits per heavy atom. The lowest BCUT2D eigenvalue weighted by molar-refractivity contribution is -0.161. The Labute approximate surface area is 196 Å². The smallest absolute Gasteiger partial charge is 0.309 e. The highest BCUT2D eigenvalue weighted by Gasteiger charge is 2.84. The van der Waals surface area contributed by atoms with Crippen LogP contribution in [0.15, 0.2) is 46.3 Å². The van der Waals surface area contributed by atoms with Crippen LogP contribution in [0, 0.1) is 32.5 Å². The van der Waals surface area contributed by atoms with Gasteiger partial charge in [0, 0.05) is 11.0 Å². The molecule has 2 N–H and O–H groups in total. The van der Waals surface area contributed by atoms with Crippen molar-refractivity contribution in [2.75, 3.05) is 0 Å². The van der Waals surface area contributed by atoms with E-state index in [1.807, 2.05) is 13.8 Å². The van der Waals surface area contributed by atoms with Gasteiger partial charge in [0.05, 0.1) is 5.41 Å². The van der Waals surface area contributed by atoms with E-state index in [4.69, 9.17) is 0 Å². The molecule has 33 heavy (non-hydrogen) atoms. The summed E-state index contributed by atoms with van der Waals surface area (Å²) in [6.45, 7) is 11.0. The molecule has 2 spiro atoms. The van der Waals surface area contributed by atoms with Gasteiger partial charge in [0.15, 0.2) is 5.76 Å². The van der Waals surface area contributed by atoms with Crippen LogP contribution in [0.5, 0.6) is 0 Å². The summed E-state index contributed by atoms with van der Waals surface area (Å²) in [6, 6.07) is 0. The lowest BCUT2D eigenvalue weighted by Gasteiger charge is -2.64. The minimum Gasteiger partial charge on any atom is -0.504 e. The first kappa shape index (κ1) is 21.4. The number of carbonyl (C=O) groups is 2. The number of hydrogen-bond acceptors (Lipinski definition) is 3. The van der Waals surface area contributed by atoms with E-state index < -0.39 is 11.4 Å². The van der Waals surface area contributed by atoms with Gasteiger partial charge in [0.25, 0.3) is 0 Å². The van der Waals surface area contributed by atoms with Gasteiger partial charge in [-0.25, -0.2) is 0 Å². The van der Waals surface area contributed by atoms with Gasteiger partial charge in [0.2, 0.25) is 5.78 Å². The van der Waals surface area contributed by atoms with E-state index in [2.05, 4.69) is 32.9 Å². The molecule has 0 saturated heterocycles. The van der Waals surface area contributed by atoms with E-state index in [0.29, 0.717) is 5.57 Å². The molecule has 4 fully saturated rings. The van der Waals surface area contributed by atoms with Gasteiger partial charge in [-0.2, -0.15) is 0 Å². The minimum atomic E-state index is -0.633. The van der Waals surface area contributed by atoms with Crippen molar-refractivity contribution in [3.05, 3.63) is 46.3 Å². The number of aliphatic carboxylic acids is 1. The molecule has 4 saturated carbocycles. The molecule has 0 unspecified atom stereocenters. The number of carbonyl (C=O) groups excluding carboxylic acids is 1. The number of carboxylic acid groups (broad SMARTS) is 1. The van der Waals surface area contributed by atoms with Crippen LogP contribution in [0.25, 0.3) is 0 Å². The number of aliphatic hydroxyl groups is 1. The van der Waals surface area contributed by atoms with Gasteiger partial charge in [-0.15, -0.1) is 0 Å². The molecule has 0 aliphatic heterocycles. The predicted molar refractivity (Wildman–Crippen MR) is 126 cm³/mol. The molecule has 6 rings (SSSR count). The van der Waals surface area contributed by atoms with Crippen LogP contribution in [0.1, 0.15) is 86.0 Å². The van der Waals surface area contributed by atoms with Crippen molar-refractivity contribution in [2.24, 2.45) is 32.5 Å². The van der Waals surface area contributed by atoms with Crippen molar-refractivity contribution in [2.45, 2.75) is 86.0 Å². The quantitative estimate of drug-likeness (QED) is 0.483. The third-order valence-electron chi connectivity index (χ3n) is 12.0. The highest BCUT2D eigenvalue weighted by atomic mass is 16.4. The molecule has 0 bridgehead atoms. The Morgan fingerprint density at radius 2 is 1.61 bits per heavy atom. The zero-order valence-corrected chi connectivity index (χ0v) is 20.6. The second-order valence-electron chi connectivity index (χ2n) is 13.2. The summed E-state index contributed by atoms with van der Waals surface area (Å²) in [5, 5.41) is 20.4. The maximum Gasteiger partial charge on any atom is 0.309 e. The van der Waals surface area contributed by atoms with Gasteiger partial charge in [-0.05, 0) is 104 Å². The summed E-state index contributed by atoms with van der Waals surface area (Å²) < 4.78 is 0. The van der Waals surface area contributed by atoms with Crippen molar-refractivity contribution in [3.8, 4) is 0 Å². The Morgan fingerprint density at radius 3 is 2.30 bits per heavy atom. The molecule has 0 amide bonds. The van der Waals surface area contributed by atoms with Crippen molar-refractivity contribution >= 4 is 11.8 Å². The Balaban J connectivity index is 1.50. The van der Waals surface area contributed by atoms with Crippen LogP contribution in [0.2, 0.25) is 0 Å². The predicted octanol–water partition coefficient (Wildman–Crippen LogP) is 6.45. The number of rotatable bonds is 1. The van der Waals surface area contributed by atoms with Crippen molar-refractivity contribution < 1.29 is 19.8 Å². The van der Waals surface area contributed by atoms with Gasteiger partial charge in [0.1, 0.15) is 0 Å². The van der Waals surface area contributed by atoms with Gasteiger partial charge in [-0.1, -0.05) is 38.5 Å². The molecule has 0 aromatic carbocycles. The standard InChI is InChI=1S/C29H36O4/c1-17-18-6-7-21-26(4,19(18)14-20(30)22(17)31)11-13-28-16-29(28)15-24(2,23(32)33)8-9-25(29,3)10-12-27(21,28)5/h6-7,14,31H,8-13,15-16H2,1-5H3,(H,32,33)/t24-,25-,26+,27-,28+,29+/m1/s1. The highest BCUT2D eigenvalue weighted by molar-refractivity contribution is 6.06. The van der Waals surface area contributed by atoms with Crippen molar-refractivity contribution in [1.29, 1.82) is 0 Å². The summed E-state index contributed by atoms with van der Waals surface area (Å²) in [4.78, 5) is 24.9. The lowest BCUT2D eigenvalue weighted by atomic mass is 9.39. The summed E-state index contributed by atoms with van der Waals surface area (Å²) in [7, 11) is 0. The molecule has 0 heterocycles. The Kier molecular flexibility index (Phi) is 3.74. The molecule has 6 atom stereocenters. The van der Waals surface area contributed by atoms with E-state index in [9.17, 15) is 19.8 Å². The SMILES string of the molecule is CC1=C(O)C(=O)C=C2C1=CC=C1[C@@]2(C)CC[C@@]23C[C@]24C[C@](C)(C(=O)O)CC[C@]4(C)CC[C@]13C. The summed E-state index contributed by atoms with van der Waals surface area (Å²) >= 11 is 0. The summed E-state index contributed by atoms with van der Waals surface area (Å²) in [5.74, 6) is -1.05. The zero-order valence-electron chi connectivity index (χ0n) is 20.6. The second-order valence-corrected chi connectivity index (χ2v) is 13.2. The first-order chi connectivity index (χ1) is 15.3. The number of hydrogen-bond donors (Lipinski definition) is 2. The summed E-state index contributed by atoms with van der Waals surface area (Å²) in [5.41, 5.74) is 3.79. The van der Waals surface area contributed by atoms with E-state index in [1.165, 1.54) is 5.57 Å². The maximum absolute atomic E-state index is 12.6. The molecule has 4 nitrogen and oxygen atoms in total. The first-order valence-corrected chi connectivity index (χ1v) is 12.6. The Bertz CT molecular complexity index is 1170. The molecule has 0 radical (unpaired) electrons. The van der Waals surface area contributed by atoms with Gasteiger partial charge < -0.3 is 10.2 Å². The van der Waals surface area contributed by atoms with E-state index in [0.717, 1.165) is 62.5 Å². The maximum atomic E-state index is 12.6. The third kappa shape index (κ3) is 2.12. The molecule has 0 aromatic rings. The van der Waals surface area contributed by atoms with Crippen LogP contribution < -0.4 is 0 Å². The minimum absolute atomic E-state index is 0.000703. The lowest BCUT2D eigenvalue weighted by Crippen LogP contribution is -2.56. The van der Waals surface area contributed by atoms with Crippen LogP contribution in [0.4, 0.5) is 0 Å². The number of ketones is 1. The normalized spacial score (nSPS) is 50.0. The molecular weight excluding hydrogens is 412 g/mol. The second kappa shape index (κ2) is 5.75. The summed E-state index contributed by atoms with van der Waals surface area (Å²) in [6.07, 6.45) is 14.1. The van der Waals surface area contributed by atoms with Crippen LogP contribution in [-0.4, -0.2) is 22.0 Å². The fourth-order valence-electron chi connectivity index (χ4n) is 9.77. The topological polar surface area (TPSA) is 74.6 Å². The molecule has 6 aliphatic carbocycles. The van der Waals surface area contributed by atoms with E-state index >= 15 is 0 Å². The van der Waals surface area contributed by atoms with Gasteiger partial charge >= 0.3 is 5.97 Å². The fraction of sp³-hybridized carbons (Fsp3) is 0.655. The number of fused-ring (bicyclic) bond motifs is 4. The van der Waals surface area contributed by atoms with Crippen LogP contribution in [0.3, 0.4) is 0 Å². The highest BCUT2D eigenvalue weighted by Crippen LogP contribution is 2.92. The molecule has 0 aromatic heterocycles. The monoisotopic (exact) mass is 448 g/mol. The van der Waals surface area contributed by atoms with E-state index in [-0.39, 0.29) is 38.6 Å². The number of carboxylic acids is 1.